The van der Waals surface area contributed by atoms with E-state index >= 15 is 0 Å². The van der Waals surface area contributed by atoms with Crippen molar-refractivity contribution in [3.05, 3.63) is 53.3 Å². The van der Waals surface area contributed by atoms with Crippen LogP contribution in [-0.4, -0.2) is 66.4 Å². The van der Waals surface area contributed by atoms with E-state index in [4.69, 9.17) is 9.47 Å². The highest BCUT2D eigenvalue weighted by atomic mass is 16.5. The molecule has 6 nitrogen and oxygen atoms in total. The molecule has 0 radical (unpaired) electrons. The predicted octanol–water partition coefficient (Wildman–Crippen LogP) is 2.48. The van der Waals surface area contributed by atoms with Gasteiger partial charge in [-0.2, -0.15) is 0 Å². The van der Waals surface area contributed by atoms with Crippen LogP contribution in [0.4, 0.5) is 0 Å². The van der Waals surface area contributed by atoms with E-state index in [2.05, 4.69) is 39.0 Å². The van der Waals surface area contributed by atoms with E-state index in [0.717, 1.165) is 67.6 Å². The number of nitrogens with zero attached hydrogens (tertiary/aromatic N) is 3. The van der Waals surface area contributed by atoms with Gasteiger partial charge in [-0.1, -0.05) is 6.07 Å². The summed E-state index contributed by atoms with van der Waals surface area (Å²) in [5.74, 6) is 1.61. The molecule has 1 aromatic heterocycles. The Balaban J connectivity index is 1.67. The van der Waals surface area contributed by atoms with Crippen LogP contribution in [0.5, 0.6) is 11.5 Å². The normalized spacial score (nSPS) is 18.2. The van der Waals surface area contributed by atoms with Crippen LogP contribution in [0, 0.1) is 6.92 Å². The summed E-state index contributed by atoms with van der Waals surface area (Å²) in [5, 5.41) is 9.58. The summed E-state index contributed by atoms with van der Waals surface area (Å²) in [6.07, 6.45) is 0.763. The summed E-state index contributed by atoms with van der Waals surface area (Å²) < 4.78 is 10.8. The van der Waals surface area contributed by atoms with Crippen LogP contribution in [-0.2, 0) is 13.1 Å². The molecule has 1 atom stereocenters. The molecule has 0 bridgehead atoms. The second-order valence-electron chi connectivity index (χ2n) is 7.36. The van der Waals surface area contributed by atoms with Crippen molar-refractivity contribution >= 4 is 0 Å². The van der Waals surface area contributed by atoms with Gasteiger partial charge in [0.05, 0.1) is 19.9 Å². The molecule has 6 heteroatoms. The topological polar surface area (TPSA) is 58.1 Å². The number of aromatic nitrogens is 1. The van der Waals surface area contributed by atoms with E-state index in [1.165, 1.54) is 0 Å². The maximum atomic E-state index is 9.58. The van der Waals surface area contributed by atoms with Crippen LogP contribution < -0.4 is 9.47 Å². The first-order chi connectivity index (χ1) is 13.6. The monoisotopic (exact) mass is 385 g/mol. The molecule has 28 heavy (non-hydrogen) atoms. The first-order valence-electron chi connectivity index (χ1n) is 9.83. The number of piperazine rings is 1. The molecule has 1 saturated heterocycles. The van der Waals surface area contributed by atoms with E-state index in [1.54, 1.807) is 14.2 Å². The van der Waals surface area contributed by atoms with Crippen LogP contribution >= 0.6 is 0 Å². The molecule has 2 aromatic rings. The molecule has 152 valence electrons. The summed E-state index contributed by atoms with van der Waals surface area (Å²) in [7, 11) is 3.34. The lowest BCUT2D eigenvalue weighted by atomic mass is 10.1. The molecule has 3 rings (SSSR count). The van der Waals surface area contributed by atoms with E-state index in [-0.39, 0.29) is 6.61 Å². The molecule has 2 heterocycles. The van der Waals surface area contributed by atoms with Gasteiger partial charge in [-0.25, -0.2) is 0 Å². The molecule has 0 unspecified atom stereocenters. The van der Waals surface area contributed by atoms with Crippen molar-refractivity contribution in [2.45, 2.75) is 32.5 Å². The fourth-order valence-electron chi connectivity index (χ4n) is 3.84. The van der Waals surface area contributed by atoms with Crippen LogP contribution in [0.25, 0.3) is 0 Å². The SMILES string of the molecule is COc1cc(CN2CCN(Cc3cccc(C)n3)C[C@H]2CCO)cc(OC)c1. The third-order valence-corrected chi connectivity index (χ3v) is 5.28. The average molecular weight is 386 g/mol. The van der Waals surface area contributed by atoms with Crippen molar-refractivity contribution in [3.8, 4) is 11.5 Å². The number of rotatable bonds is 8. The lowest BCUT2D eigenvalue weighted by Crippen LogP contribution is -2.52. The van der Waals surface area contributed by atoms with E-state index in [0.29, 0.717) is 6.04 Å². The molecular formula is C22H31N3O3. The standard InChI is InChI=1S/C22H31N3O3/c1-17-5-4-6-19(23-17)15-24-8-9-25(20(16-24)7-10-26)14-18-11-21(27-2)13-22(12-18)28-3/h4-6,11-13,20,26H,7-10,14-16H2,1-3H3/t20-/m1/s1. The second kappa shape index (κ2) is 9.87. The van der Waals surface area contributed by atoms with Crippen molar-refractivity contribution in [2.24, 2.45) is 0 Å². The minimum Gasteiger partial charge on any atom is -0.497 e. The number of benzene rings is 1. The van der Waals surface area contributed by atoms with Crippen LogP contribution in [0.2, 0.25) is 0 Å². The minimum atomic E-state index is 0.194. The average Bonchev–Trinajstić information content (AvgIpc) is 2.70. The van der Waals surface area contributed by atoms with Crippen LogP contribution in [0.3, 0.4) is 0 Å². The van der Waals surface area contributed by atoms with Gasteiger partial charge in [0.25, 0.3) is 0 Å². The fourth-order valence-corrected chi connectivity index (χ4v) is 3.84. The number of methoxy groups -OCH3 is 2. The van der Waals surface area contributed by atoms with Gasteiger partial charge >= 0.3 is 0 Å². The van der Waals surface area contributed by atoms with Gasteiger partial charge in [-0.15, -0.1) is 0 Å². The number of hydrogen-bond acceptors (Lipinski definition) is 6. The Morgan fingerprint density at radius 2 is 1.82 bits per heavy atom. The van der Waals surface area contributed by atoms with Gasteiger partial charge in [0.2, 0.25) is 0 Å². The molecule has 0 spiro atoms. The Morgan fingerprint density at radius 1 is 1.07 bits per heavy atom. The Hall–Kier alpha value is -2.15. The van der Waals surface area contributed by atoms with Crippen LogP contribution in [0.1, 0.15) is 23.4 Å². The van der Waals surface area contributed by atoms with E-state index in [9.17, 15) is 5.11 Å². The summed E-state index contributed by atoms with van der Waals surface area (Å²) in [4.78, 5) is 9.52. The Kier molecular flexibility index (Phi) is 7.25. The Bertz CT molecular complexity index is 746. The zero-order valence-corrected chi connectivity index (χ0v) is 17.1. The number of aliphatic hydroxyl groups is 1. The van der Waals surface area contributed by atoms with Gasteiger partial charge in [0.15, 0.2) is 0 Å². The number of pyridine rings is 1. The third kappa shape index (κ3) is 5.44. The smallest absolute Gasteiger partial charge is 0.122 e. The predicted molar refractivity (Wildman–Crippen MR) is 110 cm³/mol. The zero-order valence-electron chi connectivity index (χ0n) is 17.1. The maximum absolute atomic E-state index is 9.58. The summed E-state index contributed by atoms with van der Waals surface area (Å²) in [6, 6.07) is 12.5. The Labute approximate surface area is 167 Å². The van der Waals surface area contributed by atoms with Crippen molar-refractivity contribution in [1.29, 1.82) is 0 Å². The molecule has 1 N–H and O–H groups in total. The quantitative estimate of drug-likeness (QED) is 0.753. The molecule has 0 aliphatic carbocycles. The lowest BCUT2D eigenvalue weighted by Gasteiger charge is -2.41. The highest BCUT2D eigenvalue weighted by Gasteiger charge is 2.27. The lowest BCUT2D eigenvalue weighted by molar-refractivity contribution is 0.0493. The molecular weight excluding hydrogens is 354 g/mol. The molecule has 1 aliphatic rings. The first kappa shape index (κ1) is 20.6. The van der Waals surface area contributed by atoms with E-state index < -0.39 is 0 Å². The largest absolute Gasteiger partial charge is 0.497 e. The van der Waals surface area contributed by atoms with Crippen molar-refractivity contribution in [2.75, 3.05) is 40.5 Å². The van der Waals surface area contributed by atoms with Gasteiger partial charge in [-0.3, -0.25) is 14.8 Å². The number of hydrogen-bond donors (Lipinski definition) is 1. The van der Waals surface area contributed by atoms with Gasteiger partial charge in [-0.05, 0) is 43.2 Å². The molecule has 1 aliphatic heterocycles. The van der Waals surface area contributed by atoms with Gasteiger partial charge < -0.3 is 14.6 Å². The van der Waals surface area contributed by atoms with Crippen molar-refractivity contribution < 1.29 is 14.6 Å². The van der Waals surface area contributed by atoms with Crippen molar-refractivity contribution in [3.63, 3.8) is 0 Å². The summed E-state index contributed by atoms with van der Waals surface area (Å²) in [5.41, 5.74) is 3.32. The Morgan fingerprint density at radius 3 is 2.46 bits per heavy atom. The minimum absolute atomic E-state index is 0.194. The van der Waals surface area contributed by atoms with Gasteiger partial charge in [0.1, 0.15) is 11.5 Å². The van der Waals surface area contributed by atoms with E-state index in [1.807, 2.05) is 19.1 Å². The molecule has 0 saturated carbocycles. The first-order valence-corrected chi connectivity index (χ1v) is 9.83. The van der Waals surface area contributed by atoms with Crippen LogP contribution in [0.15, 0.2) is 36.4 Å². The number of ether oxygens (including phenoxy) is 2. The number of aryl methyl sites for hydroxylation is 1. The third-order valence-electron chi connectivity index (χ3n) is 5.28. The highest BCUT2D eigenvalue weighted by Crippen LogP contribution is 2.25. The highest BCUT2D eigenvalue weighted by molar-refractivity contribution is 5.38. The molecule has 1 aromatic carbocycles. The fraction of sp³-hybridized carbons (Fsp3) is 0.500. The summed E-state index contributed by atoms with van der Waals surface area (Å²) >= 11 is 0. The second-order valence-corrected chi connectivity index (χ2v) is 7.36. The van der Waals surface area contributed by atoms with Gasteiger partial charge in [0, 0.05) is 57.1 Å². The number of aliphatic hydroxyl groups excluding tert-OH is 1. The zero-order chi connectivity index (χ0) is 19.9. The molecule has 1 fully saturated rings. The summed E-state index contributed by atoms with van der Waals surface area (Å²) in [6.45, 7) is 6.75. The van der Waals surface area contributed by atoms with Crippen molar-refractivity contribution in [1.82, 2.24) is 14.8 Å². The maximum Gasteiger partial charge on any atom is 0.122 e. The molecule has 0 amide bonds.